The van der Waals surface area contributed by atoms with E-state index in [1.54, 1.807) is 0 Å². The van der Waals surface area contributed by atoms with Crippen LogP contribution in [-0.2, 0) is 4.74 Å². The minimum absolute atomic E-state index is 0.476. The van der Waals surface area contributed by atoms with Crippen LogP contribution in [0.3, 0.4) is 0 Å². The first-order valence-corrected chi connectivity index (χ1v) is 3.67. The van der Waals surface area contributed by atoms with E-state index >= 15 is 0 Å². The van der Waals surface area contributed by atoms with Crippen molar-refractivity contribution < 1.29 is 4.74 Å². The molecule has 9 heavy (non-hydrogen) atoms. The maximum atomic E-state index is 5.59. The van der Waals surface area contributed by atoms with Crippen LogP contribution >= 0.6 is 0 Å². The highest BCUT2D eigenvalue weighted by molar-refractivity contribution is 5.10. The fraction of sp³-hybridized carbons (Fsp3) is 0.750. The van der Waals surface area contributed by atoms with Crippen LogP contribution in [0.5, 0.6) is 0 Å². The van der Waals surface area contributed by atoms with E-state index in [4.69, 9.17) is 4.74 Å². The molecule has 1 nitrogen and oxygen atoms in total. The van der Waals surface area contributed by atoms with Crippen molar-refractivity contribution in [2.45, 2.75) is 38.4 Å². The molecule has 0 spiro atoms. The Labute approximate surface area is 55.7 Å². The Morgan fingerprint density at radius 3 is 3.22 bits per heavy atom. The third-order valence-corrected chi connectivity index (χ3v) is 2.16. The average Bonchev–Trinajstić information content (AvgIpc) is 2.11. The molecule has 2 rings (SSSR count). The topological polar surface area (TPSA) is 9.23 Å². The molecule has 0 amide bonds. The van der Waals surface area contributed by atoms with Crippen LogP contribution in [-0.4, -0.2) is 12.2 Å². The maximum absolute atomic E-state index is 5.59. The first kappa shape index (κ1) is 5.48. The van der Waals surface area contributed by atoms with Crippen LogP contribution in [0.4, 0.5) is 0 Å². The van der Waals surface area contributed by atoms with E-state index in [0.29, 0.717) is 12.2 Å². The lowest BCUT2D eigenvalue weighted by Gasteiger charge is -2.17. The molecule has 50 valence electrons. The van der Waals surface area contributed by atoms with Gasteiger partial charge in [-0.2, -0.15) is 0 Å². The highest BCUT2D eigenvalue weighted by atomic mass is 16.5. The average molecular weight is 124 g/mol. The summed E-state index contributed by atoms with van der Waals surface area (Å²) < 4.78 is 5.59. The number of rotatable bonds is 0. The third kappa shape index (κ3) is 0.897. The van der Waals surface area contributed by atoms with Crippen LogP contribution in [0.15, 0.2) is 11.6 Å². The Bertz CT molecular complexity index is 149. The van der Waals surface area contributed by atoms with Gasteiger partial charge in [0.15, 0.2) is 0 Å². The Balaban J connectivity index is 2.19. The summed E-state index contributed by atoms with van der Waals surface area (Å²) >= 11 is 0. The molecule has 2 atom stereocenters. The molecular formula is C8H12O. The molecule has 2 heterocycles. The van der Waals surface area contributed by atoms with Crippen molar-refractivity contribution in [1.29, 1.82) is 0 Å². The van der Waals surface area contributed by atoms with E-state index in [0.717, 1.165) is 0 Å². The van der Waals surface area contributed by atoms with Gasteiger partial charge in [-0.25, -0.2) is 0 Å². The number of hydrogen-bond acceptors (Lipinski definition) is 1. The Kier molecular flexibility index (Phi) is 1.12. The maximum Gasteiger partial charge on any atom is 0.0763 e. The minimum atomic E-state index is 0.476. The summed E-state index contributed by atoms with van der Waals surface area (Å²) in [6.07, 6.45) is 7.02. The Morgan fingerprint density at radius 2 is 2.44 bits per heavy atom. The molecule has 2 unspecified atom stereocenters. The zero-order valence-corrected chi connectivity index (χ0v) is 5.76. The van der Waals surface area contributed by atoms with Gasteiger partial charge in [0, 0.05) is 0 Å². The van der Waals surface area contributed by atoms with Gasteiger partial charge in [-0.1, -0.05) is 11.6 Å². The molecule has 2 aliphatic heterocycles. The predicted molar refractivity (Wildman–Crippen MR) is 36.3 cm³/mol. The summed E-state index contributed by atoms with van der Waals surface area (Å²) in [5.74, 6) is 0. The molecule has 0 aromatic rings. The number of ether oxygens (including phenoxy) is 1. The standard InChI is InChI=1S/C8H12O/c1-6-4-7-2-3-8(5-6)9-7/h4,7-8H,2-3,5H2,1H3. The van der Waals surface area contributed by atoms with E-state index in [-0.39, 0.29) is 0 Å². The highest BCUT2D eigenvalue weighted by Crippen LogP contribution is 2.30. The van der Waals surface area contributed by atoms with Crippen molar-refractivity contribution in [2.24, 2.45) is 0 Å². The smallest absolute Gasteiger partial charge is 0.0763 e. The number of hydrogen-bond donors (Lipinski definition) is 0. The fourth-order valence-electron chi connectivity index (χ4n) is 1.75. The van der Waals surface area contributed by atoms with Crippen molar-refractivity contribution in [2.75, 3.05) is 0 Å². The molecule has 0 aliphatic carbocycles. The highest BCUT2D eigenvalue weighted by Gasteiger charge is 2.27. The van der Waals surface area contributed by atoms with Crippen LogP contribution < -0.4 is 0 Å². The monoisotopic (exact) mass is 124 g/mol. The van der Waals surface area contributed by atoms with Gasteiger partial charge < -0.3 is 4.74 Å². The fourth-order valence-corrected chi connectivity index (χ4v) is 1.75. The molecular weight excluding hydrogens is 112 g/mol. The van der Waals surface area contributed by atoms with E-state index in [1.165, 1.54) is 24.8 Å². The van der Waals surface area contributed by atoms with Gasteiger partial charge in [0.2, 0.25) is 0 Å². The van der Waals surface area contributed by atoms with Crippen molar-refractivity contribution in [1.82, 2.24) is 0 Å². The first-order valence-electron chi connectivity index (χ1n) is 3.67. The van der Waals surface area contributed by atoms with Gasteiger partial charge >= 0.3 is 0 Å². The molecule has 1 heteroatoms. The summed E-state index contributed by atoms with van der Waals surface area (Å²) in [6, 6.07) is 0. The van der Waals surface area contributed by atoms with Crippen LogP contribution in [0.2, 0.25) is 0 Å². The summed E-state index contributed by atoms with van der Waals surface area (Å²) in [7, 11) is 0. The second kappa shape index (κ2) is 1.84. The quantitative estimate of drug-likeness (QED) is 0.448. The van der Waals surface area contributed by atoms with Gasteiger partial charge in [-0.05, 0) is 26.2 Å². The lowest BCUT2D eigenvalue weighted by Crippen LogP contribution is -2.14. The zero-order valence-electron chi connectivity index (χ0n) is 5.76. The van der Waals surface area contributed by atoms with Crippen LogP contribution in [0, 0.1) is 0 Å². The van der Waals surface area contributed by atoms with Crippen molar-refractivity contribution in [3.63, 3.8) is 0 Å². The van der Waals surface area contributed by atoms with E-state index < -0.39 is 0 Å². The second-order valence-corrected chi connectivity index (χ2v) is 3.09. The van der Waals surface area contributed by atoms with Crippen LogP contribution in [0.25, 0.3) is 0 Å². The summed E-state index contributed by atoms with van der Waals surface area (Å²) in [5.41, 5.74) is 1.52. The first-order chi connectivity index (χ1) is 4.34. The lowest BCUT2D eigenvalue weighted by atomic mass is 10.1. The molecule has 0 radical (unpaired) electrons. The minimum Gasteiger partial charge on any atom is -0.371 e. The second-order valence-electron chi connectivity index (χ2n) is 3.09. The molecule has 2 bridgehead atoms. The van der Waals surface area contributed by atoms with Crippen LogP contribution in [0.1, 0.15) is 26.2 Å². The molecule has 0 aromatic carbocycles. The molecule has 0 N–H and O–H groups in total. The van der Waals surface area contributed by atoms with Gasteiger partial charge in [0.25, 0.3) is 0 Å². The molecule has 2 aliphatic rings. The summed E-state index contributed by atoms with van der Waals surface area (Å²) in [5, 5.41) is 0. The Hall–Kier alpha value is -0.300. The molecule has 0 saturated carbocycles. The van der Waals surface area contributed by atoms with Gasteiger partial charge in [0.1, 0.15) is 0 Å². The molecule has 0 aromatic heterocycles. The van der Waals surface area contributed by atoms with Crippen molar-refractivity contribution >= 4 is 0 Å². The zero-order chi connectivity index (χ0) is 6.27. The van der Waals surface area contributed by atoms with Crippen molar-refractivity contribution in [3.05, 3.63) is 11.6 Å². The largest absolute Gasteiger partial charge is 0.371 e. The summed E-state index contributed by atoms with van der Waals surface area (Å²) in [6.45, 7) is 2.20. The molecule has 1 saturated heterocycles. The van der Waals surface area contributed by atoms with Gasteiger partial charge in [-0.15, -0.1) is 0 Å². The predicted octanol–water partition coefficient (Wildman–Crippen LogP) is 1.88. The number of fused-ring (bicyclic) bond motifs is 2. The third-order valence-electron chi connectivity index (χ3n) is 2.16. The van der Waals surface area contributed by atoms with E-state index in [1.807, 2.05) is 0 Å². The lowest BCUT2D eigenvalue weighted by molar-refractivity contribution is 0.0608. The van der Waals surface area contributed by atoms with Gasteiger partial charge in [-0.3, -0.25) is 0 Å². The summed E-state index contributed by atoms with van der Waals surface area (Å²) in [4.78, 5) is 0. The normalized spacial score (nSPS) is 40.8. The van der Waals surface area contributed by atoms with Crippen molar-refractivity contribution in [3.8, 4) is 0 Å². The molecule has 1 fully saturated rings. The van der Waals surface area contributed by atoms with Gasteiger partial charge in [0.05, 0.1) is 12.2 Å². The van der Waals surface area contributed by atoms with E-state index in [2.05, 4.69) is 13.0 Å². The SMILES string of the molecule is CC1=CC2CCC(C1)O2. The van der Waals surface area contributed by atoms with E-state index in [9.17, 15) is 0 Å². The Morgan fingerprint density at radius 1 is 1.56 bits per heavy atom.